The molecule has 4 aromatic heterocycles. The van der Waals surface area contributed by atoms with Crippen LogP contribution in [0.2, 0.25) is 0 Å². The first-order chi connectivity index (χ1) is 37.6. The van der Waals surface area contributed by atoms with E-state index in [1.807, 2.05) is 46.7 Å². The Morgan fingerprint density at radius 3 is 2.37 bits per heavy atom. The summed E-state index contributed by atoms with van der Waals surface area (Å²) >= 11 is 1.56. The second kappa shape index (κ2) is 25.0. The maximum Gasteiger partial charge on any atom is 0.407 e. The van der Waals surface area contributed by atoms with Gasteiger partial charge in [0, 0.05) is 81.7 Å². The molecule has 3 atom stereocenters. The van der Waals surface area contributed by atoms with Crippen LogP contribution in [0.3, 0.4) is 0 Å². The van der Waals surface area contributed by atoms with Gasteiger partial charge in [0.2, 0.25) is 17.7 Å². The van der Waals surface area contributed by atoms with Crippen molar-refractivity contribution in [3.05, 3.63) is 101 Å². The Morgan fingerprint density at radius 1 is 0.923 bits per heavy atom. The zero-order valence-corrected chi connectivity index (χ0v) is 44.9. The number of piperazine rings is 1. The molecule has 6 heterocycles. The van der Waals surface area contributed by atoms with Crippen molar-refractivity contribution in [1.29, 1.82) is 0 Å². The molecular weight excluding hydrogens is 1030 g/mol. The van der Waals surface area contributed by atoms with Crippen LogP contribution in [0.4, 0.5) is 20.7 Å². The number of hydrogen-bond acceptors (Lipinski definition) is 16. The minimum atomic E-state index is -1.06. The number of halogens is 1. The van der Waals surface area contributed by atoms with E-state index in [1.165, 1.54) is 17.0 Å². The zero-order chi connectivity index (χ0) is 54.9. The van der Waals surface area contributed by atoms with Crippen LogP contribution in [-0.2, 0) is 35.1 Å². The summed E-state index contributed by atoms with van der Waals surface area (Å²) < 4.78 is 34.0. The molecule has 0 spiro atoms. The van der Waals surface area contributed by atoms with Crippen molar-refractivity contribution in [3.8, 4) is 21.7 Å². The Morgan fingerprint density at radius 2 is 1.68 bits per heavy atom. The van der Waals surface area contributed by atoms with Gasteiger partial charge in [0.15, 0.2) is 11.5 Å². The average molecular weight is 1090 g/mol. The van der Waals surface area contributed by atoms with Gasteiger partial charge in [0.05, 0.1) is 84.6 Å². The standard InChI is InChI=1S/C54H66FN13O9S/c1-33-46(78-32-59-33)36-7-5-34(6-8-36)25-58-50(71)43-24-39(69)29-68(43)52(73)47(54(2,3)4)64-53(74)77-22-21-76-20-19-75-18-13-56-45(70)31-65-14-16-66(17-15-65)51(72)37-11-12-41(40(55)23-37)62-48-49-57-28-44(38-26-60-61-27-38)67(49)30-42(63-48)35-9-10-35/h5-8,11-12,23,26-28,30,32,35,39,43,47,69H,9-10,13-22,24-25,29,31H2,1-4H3,(H,56,70)(H,58,71)(H,60,61)(H,62,63)(H,64,74)/t39-,43+,47-/m1/s1. The molecule has 6 aromatic rings. The number of aromatic amines is 1. The normalized spacial score (nSPS) is 17.3. The number of β-amino-alcohol motifs (C(OH)–C–C–N with tert-alkyl or cyclic N) is 1. The van der Waals surface area contributed by atoms with E-state index in [4.69, 9.17) is 19.2 Å². The number of rotatable bonds is 22. The van der Waals surface area contributed by atoms with E-state index in [9.17, 15) is 29.1 Å². The first-order valence-electron chi connectivity index (χ1n) is 26.2. The molecule has 9 rings (SSSR count). The number of amides is 5. The smallest absolute Gasteiger partial charge is 0.407 e. The highest BCUT2D eigenvalue weighted by molar-refractivity contribution is 7.13. The van der Waals surface area contributed by atoms with Gasteiger partial charge in [-0.2, -0.15) is 5.10 Å². The maximum atomic E-state index is 15.6. The summed E-state index contributed by atoms with van der Waals surface area (Å²) in [5, 5.41) is 29.0. The predicted octanol–water partition coefficient (Wildman–Crippen LogP) is 4.64. The Kier molecular flexibility index (Phi) is 17.7. The third-order valence-electron chi connectivity index (χ3n) is 13.9. The molecule has 5 amide bonds. The van der Waals surface area contributed by atoms with Gasteiger partial charge in [-0.15, -0.1) is 11.3 Å². The summed E-state index contributed by atoms with van der Waals surface area (Å²) in [5.41, 5.74) is 7.38. The van der Waals surface area contributed by atoms with E-state index < -0.39 is 47.3 Å². The second-order valence-corrected chi connectivity index (χ2v) is 21.6. The van der Waals surface area contributed by atoms with Crippen molar-refractivity contribution >= 4 is 58.2 Å². The average Bonchev–Trinajstić information content (AvgIpc) is 3.95. The quantitative estimate of drug-likeness (QED) is 0.0506. The number of imidazole rings is 1. The number of thiazole rings is 1. The number of aromatic nitrogens is 6. The number of aliphatic hydroxyl groups is 1. The molecule has 22 nitrogen and oxygen atoms in total. The van der Waals surface area contributed by atoms with Crippen molar-refractivity contribution in [2.24, 2.45) is 5.41 Å². The Labute approximate surface area is 454 Å². The van der Waals surface area contributed by atoms with E-state index in [0.29, 0.717) is 43.6 Å². The van der Waals surface area contributed by atoms with Crippen molar-refractivity contribution in [2.75, 3.05) is 84.2 Å². The molecule has 2 aromatic carbocycles. The molecule has 78 heavy (non-hydrogen) atoms. The van der Waals surface area contributed by atoms with Gasteiger partial charge in [-0.1, -0.05) is 45.0 Å². The van der Waals surface area contributed by atoms with Gasteiger partial charge in [0.25, 0.3) is 5.91 Å². The van der Waals surface area contributed by atoms with Crippen LogP contribution in [0, 0.1) is 18.2 Å². The van der Waals surface area contributed by atoms with Crippen LogP contribution in [0.25, 0.3) is 27.3 Å². The van der Waals surface area contributed by atoms with E-state index in [2.05, 4.69) is 41.4 Å². The third-order valence-corrected chi connectivity index (χ3v) is 14.8. The minimum Gasteiger partial charge on any atom is -0.447 e. The lowest BCUT2D eigenvalue weighted by molar-refractivity contribution is -0.142. The van der Waals surface area contributed by atoms with E-state index >= 15 is 4.39 Å². The summed E-state index contributed by atoms with van der Waals surface area (Å²) in [6, 6.07) is 10.2. The Bertz CT molecular complexity index is 3060. The molecule has 24 heteroatoms. The molecule has 0 bridgehead atoms. The number of aliphatic hydroxyl groups excluding tert-OH is 1. The van der Waals surface area contributed by atoms with Gasteiger partial charge in [-0.3, -0.25) is 33.6 Å². The Hall–Kier alpha value is -7.38. The number of H-pyrrole nitrogens is 1. The van der Waals surface area contributed by atoms with Gasteiger partial charge in [-0.05, 0) is 54.5 Å². The number of anilines is 2. The fourth-order valence-corrected chi connectivity index (χ4v) is 10.2. The van der Waals surface area contributed by atoms with Crippen LogP contribution in [0.15, 0.2) is 72.8 Å². The van der Waals surface area contributed by atoms with Crippen molar-refractivity contribution in [2.45, 2.75) is 77.6 Å². The van der Waals surface area contributed by atoms with Gasteiger partial charge in [-0.25, -0.2) is 24.1 Å². The molecule has 414 valence electrons. The second-order valence-electron chi connectivity index (χ2n) is 20.7. The highest BCUT2D eigenvalue weighted by Crippen LogP contribution is 2.41. The largest absolute Gasteiger partial charge is 0.447 e. The highest BCUT2D eigenvalue weighted by Gasteiger charge is 2.45. The molecular formula is C54H66FN13O9S. The molecule has 0 unspecified atom stereocenters. The number of benzene rings is 2. The van der Waals surface area contributed by atoms with Crippen LogP contribution in [0.1, 0.15) is 73.3 Å². The predicted molar refractivity (Wildman–Crippen MR) is 287 cm³/mol. The monoisotopic (exact) mass is 1090 g/mol. The number of ether oxygens (including phenoxy) is 3. The lowest BCUT2D eigenvalue weighted by atomic mass is 9.85. The summed E-state index contributed by atoms with van der Waals surface area (Å²) in [7, 11) is 0. The molecule has 3 aliphatic rings. The van der Waals surface area contributed by atoms with Crippen LogP contribution in [0.5, 0.6) is 0 Å². The molecule has 6 N–H and O–H groups in total. The van der Waals surface area contributed by atoms with E-state index in [-0.39, 0.29) is 88.7 Å². The number of carbonyl (C=O) groups is 5. The number of hydrogen-bond donors (Lipinski definition) is 6. The Balaban J connectivity index is 0.626. The minimum absolute atomic E-state index is 0.0563. The molecule has 2 aliphatic heterocycles. The highest BCUT2D eigenvalue weighted by atomic mass is 32.1. The zero-order valence-electron chi connectivity index (χ0n) is 44.1. The fraction of sp³-hybridized carbons (Fsp3) is 0.463. The molecule has 2 saturated heterocycles. The SMILES string of the molecule is Cc1ncsc1-c1ccc(CNC(=O)[C@@H]2C[C@@H](O)CN2C(=O)[C@@H](NC(=O)OCCOCCOCCNC(=O)CN2CCN(C(=O)c3ccc(Nc4nc(C5CC5)cn5c(-c6cn[nH]c6)cnc45)c(F)c3)CC2)C(C)(C)C)cc1. The summed E-state index contributed by atoms with van der Waals surface area (Å²) in [6.45, 7) is 10.2. The molecule has 0 radical (unpaired) electrons. The fourth-order valence-electron chi connectivity index (χ4n) is 9.42. The molecule has 3 fully saturated rings. The number of likely N-dealkylation sites (tertiary alicyclic amines) is 1. The number of nitrogens with one attached hydrogen (secondary N) is 5. The lowest BCUT2D eigenvalue weighted by Gasteiger charge is -2.35. The molecule has 1 aliphatic carbocycles. The summed E-state index contributed by atoms with van der Waals surface area (Å²) in [6.07, 6.45) is 7.58. The third kappa shape index (κ3) is 13.8. The van der Waals surface area contributed by atoms with Crippen LogP contribution in [-0.4, -0.2) is 176 Å². The van der Waals surface area contributed by atoms with Crippen molar-refractivity contribution < 1.29 is 47.7 Å². The van der Waals surface area contributed by atoms with Gasteiger partial charge >= 0.3 is 6.09 Å². The van der Waals surface area contributed by atoms with E-state index in [0.717, 1.165) is 51.5 Å². The summed E-state index contributed by atoms with van der Waals surface area (Å²) in [5.74, 6) is -1.25. The number of carbonyl (C=O) groups excluding carboxylic acids is 5. The van der Waals surface area contributed by atoms with Gasteiger partial charge in [0.1, 0.15) is 24.5 Å². The van der Waals surface area contributed by atoms with Crippen molar-refractivity contribution in [1.82, 2.24) is 60.2 Å². The molecule has 1 saturated carbocycles. The van der Waals surface area contributed by atoms with Gasteiger partial charge < -0.3 is 50.4 Å². The van der Waals surface area contributed by atoms with E-state index in [1.54, 1.807) is 67.2 Å². The first-order valence-corrected chi connectivity index (χ1v) is 27.0. The van der Waals surface area contributed by atoms with Crippen LogP contribution >= 0.6 is 11.3 Å². The number of alkyl carbamates (subject to hydrolysis) is 1. The number of nitrogens with zero attached hydrogens (tertiary/aromatic N) is 8. The number of aryl methyl sites for hydroxylation is 1. The topological polar surface area (TPSA) is 263 Å². The first kappa shape index (κ1) is 55.4. The number of fused-ring (bicyclic) bond motifs is 1. The van der Waals surface area contributed by atoms with Crippen molar-refractivity contribution in [3.63, 3.8) is 0 Å². The summed E-state index contributed by atoms with van der Waals surface area (Å²) in [4.78, 5) is 86.1. The maximum absolute atomic E-state index is 15.6. The van der Waals surface area contributed by atoms with Crippen LogP contribution < -0.4 is 21.3 Å². The lowest BCUT2D eigenvalue weighted by Crippen LogP contribution is -2.57.